The second kappa shape index (κ2) is 11.5. The standard InChI is InChI=1S/C28H41NO3S/c1-4-7-9-13-19-29-23-16-17-25-24(20-23)26(22-14-11-10-12-15-22)27(30)28(6-3,18-8-5-2)21-33(25,31)32/h10-12,14-17,20,26-27,29-30H,4-9,13,18-19,21H2,1-3H3/t26-,27-,28+/m1/s1. The van der Waals surface area contributed by atoms with Gasteiger partial charge in [0.05, 0.1) is 16.8 Å². The summed E-state index contributed by atoms with van der Waals surface area (Å²) >= 11 is 0. The second-order valence-corrected chi connectivity index (χ2v) is 11.6. The maximum atomic E-state index is 13.7. The highest BCUT2D eigenvalue weighted by Gasteiger charge is 2.48. The van der Waals surface area contributed by atoms with Gasteiger partial charge in [-0.05, 0) is 48.6 Å². The lowest BCUT2D eigenvalue weighted by Gasteiger charge is -2.39. The molecule has 1 aliphatic heterocycles. The summed E-state index contributed by atoms with van der Waals surface area (Å²) in [6.07, 6.45) is 7.15. The zero-order chi connectivity index (χ0) is 23.9. The van der Waals surface area contributed by atoms with Crippen LogP contribution in [0.3, 0.4) is 0 Å². The smallest absolute Gasteiger partial charge is 0.179 e. The minimum atomic E-state index is -3.54. The average Bonchev–Trinajstić information content (AvgIpc) is 2.89. The quantitative estimate of drug-likeness (QED) is 0.365. The first-order valence-corrected chi connectivity index (χ1v) is 14.4. The van der Waals surface area contributed by atoms with Crippen molar-refractivity contribution in [2.75, 3.05) is 17.6 Å². The first-order valence-electron chi connectivity index (χ1n) is 12.7. The van der Waals surface area contributed by atoms with Crippen LogP contribution in [-0.2, 0) is 9.84 Å². The molecule has 0 spiro atoms. The highest BCUT2D eigenvalue weighted by atomic mass is 32.2. The first-order chi connectivity index (χ1) is 15.9. The van der Waals surface area contributed by atoms with Gasteiger partial charge in [-0.2, -0.15) is 0 Å². The van der Waals surface area contributed by atoms with E-state index in [0.29, 0.717) is 17.7 Å². The maximum absolute atomic E-state index is 13.7. The molecular formula is C28H41NO3S. The van der Waals surface area contributed by atoms with Gasteiger partial charge in [0.1, 0.15) is 0 Å². The van der Waals surface area contributed by atoms with Crippen molar-refractivity contribution in [1.82, 2.24) is 0 Å². The number of aliphatic hydroxyl groups is 1. The number of aliphatic hydroxyl groups excluding tert-OH is 1. The van der Waals surface area contributed by atoms with Crippen LogP contribution in [-0.4, -0.2) is 31.9 Å². The van der Waals surface area contributed by atoms with Crippen molar-refractivity contribution in [2.24, 2.45) is 5.41 Å². The van der Waals surface area contributed by atoms with Gasteiger partial charge < -0.3 is 10.4 Å². The van der Waals surface area contributed by atoms with Gasteiger partial charge in [0.25, 0.3) is 0 Å². The summed E-state index contributed by atoms with van der Waals surface area (Å²) in [6, 6.07) is 15.5. The summed E-state index contributed by atoms with van der Waals surface area (Å²) in [7, 11) is -3.54. The molecule has 5 heteroatoms. The molecule has 33 heavy (non-hydrogen) atoms. The molecule has 2 aromatic rings. The summed E-state index contributed by atoms with van der Waals surface area (Å²) < 4.78 is 27.3. The van der Waals surface area contributed by atoms with Crippen LogP contribution in [0.25, 0.3) is 0 Å². The van der Waals surface area contributed by atoms with Crippen LogP contribution in [0.2, 0.25) is 0 Å². The van der Waals surface area contributed by atoms with Crippen molar-refractivity contribution in [1.29, 1.82) is 0 Å². The Morgan fingerprint density at radius 2 is 1.70 bits per heavy atom. The molecule has 0 saturated heterocycles. The lowest BCUT2D eigenvalue weighted by molar-refractivity contribution is 0.0174. The molecule has 0 amide bonds. The molecule has 1 aliphatic rings. The molecule has 0 unspecified atom stereocenters. The molecule has 0 bridgehead atoms. The van der Waals surface area contributed by atoms with Gasteiger partial charge >= 0.3 is 0 Å². The Labute approximate surface area is 200 Å². The molecule has 182 valence electrons. The van der Waals surface area contributed by atoms with Crippen molar-refractivity contribution in [3.8, 4) is 0 Å². The van der Waals surface area contributed by atoms with Crippen molar-refractivity contribution in [3.63, 3.8) is 0 Å². The topological polar surface area (TPSA) is 66.4 Å². The first kappa shape index (κ1) is 25.8. The van der Waals surface area contributed by atoms with E-state index in [2.05, 4.69) is 19.2 Å². The number of rotatable bonds is 11. The van der Waals surface area contributed by atoms with Crippen LogP contribution >= 0.6 is 0 Å². The summed E-state index contributed by atoms with van der Waals surface area (Å²) in [5, 5.41) is 15.4. The van der Waals surface area contributed by atoms with E-state index in [4.69, 9.17) is 0 Å². The number of benzene rings is 2. The number of nitrogens with one attached hydrogen (secondary N) is 1. The molecule has 2 N–H and O–H groups in total. The Morgan fingerprint density at radius 3 is 2.36 bits per heavy atom. The number of sulfone groups is 1. The third-order valence-corrected chi connectivity index (χ3v) is 9.35. The Bertz CT molecular complexity index is 989. The van der Waals surface area contributed by atoms with Crippen molar-refractivity contribution < 1.29 is 13.5 Å². The van der Waals surface area contributed by atoms with Gasteiger partial charge in [-0.3, -0.25) is 0 Å². The molecule has 0 aromatic heterocycles. The van der Waals surface area contributed by atoms with Crippen molar-refractivity contribution in [3.05, 3.63) is 59.7 Å². The van der Waals surface area contributed by atoms with Crippen LogP contribution < -0.4 is 5.32 Å². The Hall–Kier alpha value is -1.85. The van der Waals surface area contributed by atoms with Gasteiger partial charge in [-0.1, -0.05) is 83.2 Å². The average molecular weight is 472 g/mol. The molecule has 4 nitrogen and oxygen atoms in total. The van der Waals surface area contributed by atoms with Crippen LogP contribution in [0.4, 0.5) is 5.69 Å². The van der Waals surface area contributed by atoms with Crippen LogP contribution in [0.1, 0.15) is 89.2 Å². The zero-order valence-corrected chi connectivity index (χ0v) is 21.3. The van der Waals surface area contributed by atoms with Gasteiger partial charge in [-0.25, -0.2) is 8.42 Å². The van der Waals surface area contributed by atoms with Gasteiger partial charge in [0, 0.05) is 23.6 Å². The SMILES string of the molecule is CCCCCCNc1ccc2c(c1)[C@@H](c1ccccc1)[C@@H](O)[C@@](CC)(CCCC)CS2(=O)=O. The molecule has 0 saturated carbocycles. The van der Waals surface area contributed by atoms with Crippen LogP contribution in [0.15, 0.2) is 53.4 Å². The monoisotopic (exact) mass is 471 g/mol. The van der Waals surface area contributed by atoms with E-state index < -0.39 is 21.4 Å². The lowest BCUT2D eigenvalue weighted by atomic mass is 9.69. The fourth-order valence-electron chi connectivity index (χ4n) is 5.29. The van der Waals surface area contributed by atoms with E-state index in [1.54, 1.807) is 6.07 Å². The molecule has 2 aromatic carbocycles. The van der Waals surface area contributed by atoms with E-state index in [-0.39, 0.29) is 11.7 Å². The third-order valence-electron chi connectivity index (χ3n) is 7.35. The number of hydrogen-bond acceptors (Lipinski definition) is 4. The number of hydrogen-bond donors (Lipinski definition) is 2. The van der Waals surface area contributed by atoms with Gasteiger partial charge in [0.2, 0.25) is 0 Å². The predicted molar refractivity (Wildman–Crippen MR) is 138 cm³/mol. The Kier molecular flexibility index (Phi) is 9.00. The highest BCUT2D eigenvalue weighted by Crippen LogP contribution is 2.49. The van der Waals surface area contributed by atoms with Crippen LogP contribution in [0.5, 0.6) is 0 Å². The predicted octanol–water partition coefficient (Wildman–Crippen LogP) is 6.55. The molecular weight excluding hydrogens is 430 g/mol. The lowest BCUT2D eigenvalue weighted by Crippen LogP contribution is -2.42. The summed E-state index contributed by atoms with van der Waals surface area (Å²) in [5.41, 5.74) is 1.95. The van der Waals surface area contributed by atoms with Crippen LogP contribution in [0, 0.1) is 5.41 Å². The number of fused-ring (bicyclic) bond motifs is 1. The minimum absolute atomic E-state index is 0.00219. The number of unbranched alkanes of at least 4 members (excludes halogenated alkanes) is 4. The zero-order valence-electron chi connectivity index (χ0n) is 20.5. The Morgan fingerprint density at radius 1 is 0.970 bits per heavy atom. The van der Waals surface area contributed by atoms with Gasteiger partial charge in [0.15, 0.2) is 9.84 Å². The highest BCUT2D eigenvalue weighted by molar-refractivity contribution is 7.91. The van der Waals surface area contributed by atoms with E-state index >= 15 is 0 Å². The molecule has 0 fully saturated rings. The molecule has 1 heterocycles. The van der Waals surface area contributed by atoms with E-state index in [1.165, 1.54) is 19.3 Å². The fourth-order valence-corrected chi connectivity index (χ4v) is 7.55. The minimum Gasteiger partial charge on any atom is -0.392 e. The molecule has 3 rings (SSSR count). The fraction of sp³-hybridized carbons (Fsp3) is 0.571. The van der Waals surface area contributed by atoms with E-state index in [9.17, 15) is 13.5 Å². The summed E-state index contributed by atoms with van der Waals surface area (Å²) in [4.78, 5) is 0.374. The molecule has 0 aliphatic carbocycles. The summed E-state index contributed by atoms with van der Waals surface area (Å²) in [6.45, 7) is 7.20. The Balaban J connectivity index is 2.08. The molecule has 0 radical (unpaired) electrons. The van der Waals surface area contributed by atoms with Crippen molar-refractivity contribution >= 4 is 15.5 Å². The normalized spacial score (nSPS) is 24.1. The molecule has 3 atom stereocenters. The second-order valence-electron chi connectivity index (χ2n) is 9.65. The number of anilines is 1. The third kappa shape index (κ3) is 5.81. The van der Waals surface area contributed by atoms with E-state index in [0.717, 1.165) is 42.6 Å². The van der Waals surface area contributed by atoms with E-state index in [1.807, 2.05) is 49.4 Å². The van der Waals surface area contributed by atoms with Crippen molar-refractivity contribution in [2.45, 2.75) is 89.1 Å². The van der Waals surface area contributed by atoms with Gasteiger partial charge in [-0.15, -0.1) is 0 Å². The summed E-state index contributed by atoms with van der Waals surface area (Å²) in [5.74, 6) is -0.380. The maximum Gasteiger partial charge on any atom is 0.179 e. The largest absolute Gasteiger partial charge is 0.392 e.